The predicted molar refractivity (Wildman–Crippen MR) is 93.1 cm³/mol. The molecular formula is C16H19N3O5S. The minimum Gasteiger partial charge on any atom is -0.467 e. The lowest BCUT2D eigenvalue weighted by atomic mass is 9.79. The zero-order valence-electron chi connectivity index (χ0n) is 14.1. The van der Waals surface area contributed by atoms with Gasteiger partial charge in [-0.05, 0) is 39.1 Å². The SMILES string of the molecule is CCOC(=O)[C@@H]1[C@H]2NC(=S)N(CC)[C@]1(C)Oc1ccc([N+](=O)[O-])cc12. The standard InChI is InChI=1S/C16H19N3O5S/c1-4-18-15(25)17-13-10-8-9(19(21)22)6-7-11(10)24-16(18,3)12(13)14(20)23-5-2/h6-8,12-13H,4-5H2,1-3H3,(H,17,25)/t12-,13-,16+/m0/s1. The number of hydrogen-bond acceptors (Lipinski definition) is 6. The molecule has 2 heterocycles. The number of ether oxygens (including phenoxy) is 2. The predicted octanol–water partition coefficient (Wildman–Crippen LogP) is 2.13. The minimum absolute atomic E-state index is 0.0702. The summed E-state index contributed by atoms with van der Waals surface area (Å²) in [5.74, 6) is -0.652. The van der Waals surface area contributed by atoms with Gasteiger partial charge >= 0.3 is 5.97 Å². The van der Waals surface area contributed by atoms with Crippen molar-refractivity contribution >= 4 is 29.0 Å². The zero-order chi connectivity index (χ0) is 18.4. The normalized spacial score (nSPS) is 27.0. The molecule has 0 radical (unpaired) electrons. The fourth-order valence-electron chi connectivity index (χ4n) is 3.60. The Hall–Kier alpha value is -2.42. The van der Waals surface area contributed by atoms with Crippen LogP contribution in [-0.4, -0.2) is 39.8 Å². The van der Waals surface area contributed by atoms with Gasteiger partial charge in [-0.1, -0.05) is 0 Å². The van der Waals surface area contributed by atoms with Crippen molar-refractivity contribution in [2.75, 3.05) is 13.2 Å². The summed E-state index contributed by atoms with van der Waals surface area (Å²) in [5.41, 5.74) is -0.570. The molecule has 25 heavy (non-hydrogen) atoms. The molecule has 2 bridgehead atoms. The Morgan fingerprint density at radius 3 is 2.84 bits per heavy atom. The van der Waals surface area contributed by atoms with Gasteiger partial charge in [0.25, 0.3) is 5.69 Å². The van der Waals surface area contributed by atoms with E-state index in [1.807, 2.05) is 6.92 Å². The number of nitro groups is 1. The molecule has 3 rings (SSSR count). The summed E-state index contributed by atoms with van der Waals surface area (Å²) in [6.45, 7) is 6.21. The van der Waals surface area contributed by atoms with Crippen LogP contribution in [0.1, 0.15) is 32.4 Å². The molecule has 1 saturated heterocycles. The van der Waals surface area contributed by atoms with Crippen molar-refractivity contribution in [1.29, 1.82) is 0 Å². The summed E-state index contributed by atoms with van der Waals surface area (Å²) >= 11 is 5.42. The minimum atomic E-state index is -1.03. The first-order chi connectivity index (χ1) is 11.8. The fraction of sp³-hybridized carbons (Fsp3) is 0.500. The monoisotopic (exact) mass is 365 g/mol. The van der Waals surface area contributed by atoms with Gasteiger partial charge in [0.05, 0.1) is 17.6 Å². The first kappa shape index (κ1) is 17.4. The van der Waals surface area contributed by atoms with Crippen LogP contribution >= 0.6 is 12.2 Å². The summed E-state index contributed by atoms with van der Waals surface area (Å²) in [6, 6.07) is 3.81. The third-order valence-corrected chi connectivity index (χ3v) is 5.02. The number of thiocarbonyl (C=S) groups is 1. The summed E-state index contributed by atoms with van der Waals surface area (Å²) in [6.07, 6.45) is 0. The number of benzene rings is 1. The van der Waals surface area contributed by atoms with Gasteiger partial charge < -0.3 is 19.7 Å². The quantitative estimate of drug-likeness (QED) is 0.375. The van der Waals surface area contributed by atoms with Crippen LogP contribution in [0.2, 0.25) is 0 Å². The molecular weight excluding hydrogens is 346 g/mol. The first-order valence-electron chi connectivity index (χ1n) is 8.05. The number of esters is 1. The molecule has 0 unspecified atom stereocenters. The summed E-state index contributed by atoms with van der Waals surface area (Å²) in [7, 11) is 0. The Labute approximate surface area is 150 Å². The van der Waals surface area contributed by atoms with Crippen molar-refractivity contribution in [3.63, 3.8) is 0 Å². The first-order valence-corrected chi connectivity index (χ1v) is 8.46. The van der Waals surface area contributed by atoms with E-state index in [4.69, 9.17) is 21.7 Å². The van der Waals surface area contributed by atoms with Crippen LogP contribution in [0.5, 0.6) is 5.75 Å². The zero-order valence-corrected chi connectivity index (χ0v) is 15.0. The molecule has 1 aromatic rings. The number of nitrogens with one attached hydrogen (secondary N) is 1. The highest BCUT2D eigenvalue weighted by Gasteiger charge is 2.59. The Bertz CT molecular complexity index is 755. The van der Waals surface area contributed by atoms with E-state index in [0.29, 0.717) is 23.0 Å². The van der Waals surface area contributed by atoms with Gasteiger partial charge in [0.2, 0.25) is 0 Å². The van der Waals surface area contributed by atoms with Crippen LogP contribution in [0.25, 0.3) is 0 Å². The highest BCUT2D eigenvalue weighted by molar-refractivity contribution is 7.80. The van der Waals surface area contributed by atoms with Crippen molar-refractivity contribution in [3.8, 4) is 5.75 Å². The number of rotatable bonds is 4. The van der Waals surface area contributed by atoms with E-state index < -0.39 is 28.6 Å². The molecule has 0 spiro atoms. The lowest BCUT2D eigenvalue weighted by Gasteiger charge is -2.55. The van der Waals surface area contributed by atoms with Crippen LogP contribution in [0.15, 0.2) is 18.2 Å². The number of carbonyl (C=O) groups is 1. The molecule has 0 aromatic heterocycles. The van der Waals surface area contributed by atoms with Gasteiger partial charge in [-0.25, -0.2) is 0 Å². The summed E-state index contributed by atoms with van der Waals surface area (Å²) in [4.78, 5) is 25.1. The highest BCUT2D eigenvalue weighted by atomic mass is 32.1. The van der Waals surface area contributed by atoms with Gasteiger partial charge in [-0.2, -0.15) is 0 Å². The molecule has 0 saturated carbocycles. The average Bonchev–Trinajstić information content (AvgIpc) is 2.54. The molecule has 0 aliphatic carbocycles. The Morgan fingerprint density at radius 1 is 1.52 bits per heavy atom. The maximum Gasteiger partial charge on any atom is 0.317 e. The second-order valence-electron chi connectivity index (χ2n) is 6.04. The molecule has 1 fully saturated rings. The fourth-order valence-corrected chi connectivity index (χ4v) is 4.04. The second-order valence-corrected chi connectivity index (χ2v) is 6.42. The topological polar surface area (TPSA) is 93.9 Å². The van der Waals surface area contributed by atoms with Gasteiger partial charge in [-0.3, -0.25) is 14.9 Å². The Balaban J connectivity index is 2.16. The number of fused-ring (bicyclic) bond motifs is 4. The van der Waals surface area contributed by atoms with Crippen molar-refractivity contribution < 1.29 is 19.2 Å². The van der Waals surface area contributed by atoms with E-state index in [-0.39, 0.29) is 12.3 Å². The second kappa shape index (κ2) is 6.14. The molecule has 1 aromatic carbocycles. The Morgan fingerprint density at radius 2 is 2.24 bits per heavy atom. The van der Waals surface area contributed by atoms with Crippen LogP contribution in [-0.2, 0) is 9.53 Å². The van der Waals surface area contributed by atoms with Gasteiger partial charge in [0.15, 0.2) is 10.8 Å². The van der Waals surface area contributed by atoms with Gasteiger partial charge in [0.1, 0.15) is 11.7 Å². The molecule has 2 aliphatic rings. The molecule has 8 nitrogen and oxygen atoms in total. The van der Waals surface area contributed by atoms with E-state index in [1.165, 1.54) is 12.1 Å². The van der Waals surface area contributed by atoms with E-state index >= 15 is 0 Å². The maximum absolute atomic E-state index is 12.7. The van der Waals surface area contributed by atoms with Crippen LogP contribution in [0, 0.1) is 16.0 Å². The maximum atomic E-state index is 12.7. The Kier molecular flexibility index (Phi) is 4.28. The third kappa shape index (κ3) is 2.58. The van der Waals surface area contributed by atoms with Crippen LogP contribution in [0.4, 0.5) is 5.69 Å². The van der Waals surface area contributed by atoms with Crippen molar-refractivity contribution in [3.05, 3.63) is 33.9 Å². The van der Waals surface area contributed by atoms with Crippen molar-refractivity contribution in [2.24, 2.45) is 5.92 Å². The lowest BCUT2D eigenvalue weighted by molar-refractivity contribution is -0.385. The van der Waals surface area contributed by atoms with E-state index in [1.54, 1.807) is 24.8 Å². The van der Waals surface area contributed by atoms with Gasteiger partial charge in [-0.15, -0.1) is 0 Å². The van der Waals surface area contributed by atoms with Crippen molar-refractivity contribution in [1.82, 2.24) is 10.2 Å². The highest BCUT2D eigenvalue weighted by Crippen LogP contribution is 2.49. The van der Waals surface area contributed by atoms with Crippen LogP contribution < -0.4 is 10.1 Å². The summed E-state index contributed by atoms with van der Waals surface area (Å²) in [5, 5.41) is 14.7. The largest absolute Gasteiger partial charge is 0.467 e. The smallest absolute Gasteiger partial charge is 0.317 e. The molecule has 2 aliphatic heterocycles. The van der Waals surface area contributed by atoms with Gasteiger partial charge in [0, 0.05) is 24.2 Å². The number of hydrogen-bond donors (Lipinski definition) is 1. The van der Waals surface area contributed by atoms with E-state index in [9.17, 15) is 14.9 Å². The van der Waals surface area contributed by atoms with Crippen molar-refractivity contribution in [2.45, 2.75) is 32.5 Å². The van der Waals surface area contributed by atoms with E-state index in [2.05, 4.69) is 5.32 Å². The molecule has 1 N–H and O–H groups in total. The summed E-state index contributed by atoms with van der Waals surface area (Å²) < 4.78 is 11.4. The number of non-ortho nitro benzene ring substituents is 1. The number of nitro benzene ring substituents is 1. The number of nitrogens with zero attached hydrogens (tertiary/aromatic N) is 2. The molecule has 134 valence electrons. The molecule has 9 heteroatoms. The van der Waals surface area contributed by atoms with E-state index in [0.717, 1.165) is 0 Å². The van der Waals surface area contributed by atoms with Crippen LogP contribution in [0.3, 0.4) is 0 Å². The lowest BCUT2D eigenvalue weighted by Crippen LogP contribution is -2.71. The number of carbonyl (C=O) groups excluding carboxylic acids is 1. The third-order valence-electron chi connectivity index (χ3n) is 4.68. The molecule has 0 amide bonds. The average molecular weight is 365 g/mol. The molecule has 3 atom stereocenters.